The van der Waals surface area contributed by atoms with E-state index in [0.29, 0.717) is 25.0 Å². The Morgan fingerprint density at radius 1 is 1.10 bits per heavy atom. The van der Waals surface area contributed by atoms with Gasteiger partial charge in [0.1, 0.15) is 12.4 Å². The first-order valence-corrected chi connectivity index (χ1v) is 8.48. The molecule has 0 saturated carbocycles. The molecule has 0 fully saturated rings. The molecule has 4 heteroatoms. The van der Waals surface area contributed by atoms with E-state index in [4.69, 9.17) is 9.47 Å². The van der Waals surface area contributed by atoms with Crippen molar-refractivity contribution in [3.05, 3.63) is 28.2 Å². The second-order valence-electron chi connectivity index (χ2n) is 6.09. The summed E-state index contributed by atoms with van der Waals surface area (Å²) >= 11 is 3.52. The Bertz CT molecular complexity index is 408. The molecule has 0 aliphatic carbocycles. The first-order chi connectivity index (χ1) is 9.99. The summed E-state index contributed by atoms with van der Waals surface area (Å²) in [5.74, 6) is 2.14. The quantitative estimate of drug-likeness (QED) is 0.635. The second kappa shape index (κ2) is 10.2. The van der Waals surface area contributed by atoms with E-state index in [0.717, 1.165) is 29.9 Å². The lowest BCUT2D eigenvalue weighted by Gasteiger charge is -2.14. The molecule has 21 heavy (non-hydrogen) atoms. The van der Waals surface area contributed by atoms with E-state index in [1.54, 1.807) is 0 Å². The van der Waals surface area contributed by atoms with Crippen LogP contribution in [0.15, 0.2) is 22.7 Å². The summed E-state index contributed by atoms with van der Waals surface area (Å²) < 4.78 is 12.5. The van der Waals surface area contributed by atoms with Crippen molar-refractivity contribution < 1.29 is 9.47 Å². The fraction of sp³-hybridized carbons (Fsp3) is 0.647. The van der Waals surface area contributed by atoms with Crippen molar-refractivity contribution in [3.8, 4) is 5.75 Å². The van der Waals surface area contributed by atoms with Gasteiger partial charge in [0.15, 0.2) is 0 Å². The van der Waals surface area contributed by atoms with Crippen molar-refractivity contribution in [2.24, 2.45) is 11.8 Å². The minimum Gasteiger partial charge on any atom is -0.491 e. The van der Waals surface area contributed by atoms with Crippen LogP contribution in [0.5, 0.6) is 5.75 Å². The van der Waals surface area contributed by atoms with Crippen LogP contribution in [0.1, 0.15) is 33.3 Å². The first kappa shape index (κ1) is 18.5. The summed E-state index contributed by atoms with van der Waals surface area (Å²) in [6.45, 7) is 12.5. The van der Waals surface area contributed by atoms with Gasteiger partial charge in [-0.1, -0.05) is 43.6 Å². The summed E-state index contributed by atoms with van der Waals surface area (Å²) in [6.07, 6.45) is 0. The number of rotatable bonds is 10. The normalized spacial score (nSPS) is 11.4. The molecule has 0 saturated heterocycles. The Morgan fingerprint density at radius 3 is 2.52 bits per heavy atom. The minimum absolute atomic E-state index is 0.563. The average molecular weight is 358 g/mol. The van der Waals surface area contributed by atoms with Crippen molar-refractivity contribution in [3.63, 3.8) is 0 Å². The third-order valence-corrected chi connectivity index (χ3v) is 3.32. The largest absolute Gasteiger partial charge is 0.491 e. The molecule has 0 amide bonds. The molecule has 1 aromatic carbocycles. The Hall–Kier alpha value is -0.580. The first-order valence-electron chi connectivity index (χ1n) is 7.68. The fourth-order valence-corrected chi connectivity index (χ4v) is 2.26. The molecule has 0 radical (unpaired) electrons. The number of nitrogens with one attached hydrogen (secondary N) is 1. The molecule has 1 aromatic rings. The number of halogens is 1. The maximum absolute atomic E-state index is 5.85. The molecule has 3 nitrogen and oxygen atoms in total. The van der Waals surface area contributed by atoms with Crippen LogP contribution in [0.3, 0.4) is 0 Å². The third-order valence-electron chi connectivity index (χ3n) is 2.83. The van der Waals surface area contributed by atoms with Crippen molar-refractivity contribution >= 4 is 15.9 Å². The molecule has 120 valence electrons. The summed E-state index contributed by atoms with van der Waals surface area (Å²) in [5.41, 5.74) is 1.17. The van der Waals surface area contributed by atoms with E-state index in [2.05, 4.69) is 55.0 Å². The van der Waals surface area contributed by atoms with E-state index in [1.807, 2.05) is 12.1 Å². The van der Waals surface area contributed by atoms with Gasteiger partial charge in [-0.2, -0.15) is 0 Å². The topological polar surface area (TPSA) is 30.5 Å². The van der Waals surface area contributed by atoms with Crippen LogP contribution >= 0.6 is 15.9 Å². The van der Waals surface area contributed by atoms with Crippen LogP contribution in [-0.2, 0) is 11.3 Å². The van der Waals surface area contributed by atoms with Crippen LogP contribution in [0.25, 0.3) is 0 Å². The molecule has 1 N–H and O–H groups in total. The van der Waals surface area contributed by atoms with Crippen LogP contribution in [0.4, 0.5) is 0 Å². The minimum atomic E-state index is 0.563. The lowest BCUT2D eigenvalue weighted by molar-refractivity contribution is 0.0816. The Kier molecular flexibility index (Phi) is 8.97. The van der Waals surface area contributed by atoms with Gasteiger partial charge < -0.3 is 14.8 Å². The van der Waals surface area contributed by atoms with E-state index in [-0.39, 0.29) is 0 Å². The van der Waals surface area contributed by atoms with Gasteiger partial charge in [-0.3, -0.25) is 0 Å². The maximum atomic E-state index is 5.85. The molecule has 0 atom stereocenters. The molecule has 0 aliphatic heterocycles. The highest BCUT2D eigenvalue weighted by atomic mass is 79.9. The number of hydrogen-bond donors (Lipinski definition) is 1. The average Bonchev–Trinajstić information content (AvgIpc) is 2.39. The van der Waals surface area contributed by atoms with Gasteiger partial charge in [0.25, 0.3) is 0 Å². The Morgan fingerprint density at radius 2 is 1.86 bits per heavy atom. The smallest absolute Gasteiger partial charge is 0.123 e. The van der Waals surface area contributed by atoms with Gasteiger partial charge in [-0.15, -0.1) is 0 Å². The second-order valence-corrected chi connectivity index (χ2v) is 7.01. The highest BCUT2D eigenvalue weighted by Crippen LogP contribution is 2.23. The van der Waals surface area contributed by atoms with E-state index in [9.17, 15) is 0 Å². The fourth-order valence-electron chi connectivity index (χ4n) is 1.85. The SMILES string of the molecule is CC(C)CNCc1cc(Br)ccc1OCCOCC(C)C. The molecule has 0 aliphatic rings. The molecule has 0 bridgehead atoms. The van der Waals surface area contributed by atoms with Crippen molar-refractivity contribution in [2.45, 2.75) is 34.2 Å². The van der Waals surface area contributed by atoms with Gasteiger partial charge in [0.05, 0.1) is 6.61 Å². The van der Waals surface area contributed by atoms with Gasteiger partial charge in [-0.05, 0) is 36.6 Å². The molecule has 1 rings (SSSR count). The standard InChI is InChI=1S/C17H28BrNO2/c1-13(2)10-19-11-15-9-16(18)5-6-17(15)21-8-7-20-12-14(3)4/h5-6,9,13-14,19H,7-8,10-12H2,1-4H3. The van der Waals surface area contributed by atoms with Crippen LogP contribution < -0.4 is 10.1 Å². The molecule has 0 aromatic heterocycles. The Balaban J connectivity index is 2.44. The zero-order valence-electron chi connectivity index (χ0n) is 13.6. The molecule has 0 heterocycles. The molecular formula is C17H28BrNO2. The number of ether oxygens (including phenoxy) is 2. The molecule has 0 spiro atoms. The highest BCUT2D eigenvalue weighted by molar-refractivity contribution is 9.10. The zero-order valence-corrected chi connectivity index (χ0v) is 15.2. The third kappa shape index (κ3) is 8.44. The van der Waals surface area contributed by atoms with Gasteiger partial charge in [0, 0.05) is 23.2 Å². The van der Waals surface area contributed by atoms with Crippen LogP contribution in [-0.4, -0.2) is 26.4 Å². The van der Waals surface area contributed by atoms with E-state index < -0.39 is 0 Å². The van der Waals surface area contributed by atoms with Crippen LogP contribution in [0, 0.1) is 11.8 Å². The van der Waals surface area contributed by atoms with E-state index >= 15 is 0 Å². The zero-order chi connectivity index (χ0) is 15.7. The number of benzene rings is 1. The predicted octanol–water partition coefficient (Wildman–Crippen LogP) is 4.25. The van der Waals surface area contributed by atoms with Crippen molar-refractivity contribution in [2.75, 3.05) is 26.4 Å². The summed E-state index contributed by atoms with van der Waals surface area (Å²) in [7, 11) is 0. The summed E-state index contributed by atoms with van der Waals surface area (Å²) in [6, 6.07) is 6.13. The van der Waals surface area contributed by atoms with Crippen LogP contribution in [0.2, 0.25) is 0 Å². The Labute approximate surface area is 137 Å². The predicted molar refractivity (Wildman–Crippen MR) is 91.8 cm³/mol. The lowest BCUT2D eigenvalue weighted by Crippen LogP contribution is -2.19. The monoisotopic (exact) mass is 357 g/mol. The highest BCUT2D eigenvalue weighted by Gasteiger charge is 2.05. The van der Waals surface area contributed by atoms with E-state index in [1.165, 1.54) is 5.56 Å². The van der Waals surface area contributed by atoms with Crippen molar-refractivity contribution in [1.82, 2.24) is 5.32 Å². The molecule has 0 unspecified atom stereocenters. The van der Waals surface area contributed by atoms with Gasteiger partial charge >= 0.3 is 0 Å². The summed E-state index contributed by atoms with van der Waals surface area (Å²) in [4.78, 5) is 0. The lowest BCUT2D eigenvalue weighted by atomic mass is 10.2. The summed E-state index contributed by atoms with van der Waals surface area (Å²) in [5, 5.41) is 3.45. The maximum Gasteiger partial charge on any atom is 0.123 e. The molecular weight excluding hydrogens is 330 g/mol. The van der Waals surface area contributed by atoms with Gasteiger partial charge in [0.2, 0.25) is 0 Å². The number of hydrogen-bond acceptors (Lipinski definition) is 3. The van der Waals surface area contributed by atoms with Crippen molar-refractivity contribution in [1.29, 1.82) is 0 Å². The van der Waals surface area contributed by atoms with Gasteiger partial charge in [-0.25, -0.2) is 0 Å².